The zero-order chi connectivity index (χ0) is 11.2. The van der Waals surface area contributed by atoms with Gasteiger partial charge in [-0.25, -0.2) is 9.38 Å². The lowest BCUT2D eigenvalue weighted by Crippen LogP contribution is -2.20. The van der Waals surface area contributed by atoms with Crippen LogP contribution in [0.25, 0.3) is 5.78 Å². The minimum atomic E-state index is -0.389. The van der Waals surface area contributed by atoms with Crippen LogP contribution in [0.4, 0.5) is 5.82 Å². The van der Waals surface area contributed by atoms with E-state index in [1.807, 2.05) is 0 Å². The van der Waals surface area contributed by atoms with Gasteiger partial charge in [-0.15, -0.1) is 0 Å². The Morgan fingerprint density at radius 2 is 2.20 bits per heavy atom. The van der Waals surface area contributed by atoms with Crippen molar-refractivity contribution in [1.29, 1.82) is 0 Å². The van der Waals surface area contributed by atoms with Crippen LogP contribution in [0.3, 0.4) is 0 Å². The van der Waals surface area contributed by atoms with E-state index in [9.17, 15) is 9.59 Å². The van der Waals surface area contributed by atoms with Gasteiger partial charge in [0.2, 0.25) is 5.78 Å². The minimum Gasteiger partial charge on any atom is -0.384 e. The normalized spacial score (nSPS) is 10.8. The highest BCUT2D eigenvalue weighted by molar-refractivity contribution is 5.76. The van der Waals surface area contributed by atoms with Gasteiger partial charge in [0.05, 0.1) is 11.9 Å². The minimum absolute atomic E-state index is 0.0677. The second kappa shape index (κ2) is 2.94. The molecule has 15 heavy (non-hydrogen) atoms. The zero-order valence-electron chi connectivity index (χ0n) is 8.39. The predicted molar refractivity (Wildman–Crippen MR) is 55.0 cm³/mol. The summed E-state index contributed by atoms with van der Waals surface area (Å²) in [5.41, 5.74) is 5.73. The number of nitrogens with two attached hydrogens (primary N) is 1. The number of nitrogen functional groups attached to an aromatic ring is 1. The van der Waals surface area contributed by atoms with Gasteiger partial charge in [0.1, 0.15) is 11.4 Å². The van der Waals surface area contributed by atoms with Crippen LogP contribution in [0.15, 0.2) is 11.0 Å². The smallest absolute Gasteiger partial charge is 0.269 e. The highest BCUT2D eigenvalue weighted by Crippen LogP contribution is 2.08. The van der Waals surface area contributed by atoms with E-state index in [2.05, 4.69) is 4.98 Å². The fraction of sp³-hybridized carbons (Fsp3) is 0.222. The number of nitrogens with zero attached hydrogens (tertiary/aromatic N) is 3. The van der Waals surface area contributed by atoms with Gasteiger partial charge >= 0.3 is 0 Å². The quantitative estimate of drug-likeness (QED) is 0.651. The summed E-state index contributed by atoms with van der Waals surface area (Å²) in [5.74, 6) is 0.850. The molecule has 0 aliphatic rings. The molecule has 0 radical (unpaired) electrons. The summed E-state index contributed by atoms with van der Waals surface area (Å²) < 4.78 is 2.86. The van der Waals surface area contributed by atoms with Crippen molar-refractivity contribution < 1.29 is 4.79 Å². The molecule has 2 N–H and O–H groups in total. The topological polar surface area (TPSA) is 82.4 Å². The number of imidazole rings is 1. The van der Waals surface area contributed by atoms with Crippen LogP contribution in [-0.2, 0) is 7.05 Å². The van der Waals surface area contributed by atoms with Gasteiger partial charge in [-0.1, -0.05) is 0 Å². The number of aldehydes is 1. The van der Waals surface area contributed by atoms with E-state index >= 15 is 0 Å². The molecule has 0 saturated heterocycles. The fourth-order valence-corrected chi connectivity index (χ4v) is 1.46. The molecule has 0 fully saturated rings. The predicted octanol–water partition coefficient (Wildman–Crippen LogP) is -0.264. The van der Waals surface area contributed by atoms with Crippen molar-refractivity contribution >= 4 is 17.9 Å². The maximum absolute atomic E-state index is 11.8. The maximum Gasteiger partial charge on any atom is 0.269 e. The largest absolute Gasteiger partial charge is 0.384 e. The molecule has 6 heteroatoms. The Balaban J connectivity index is 3.04. The van der Waals surface area contributed by atoms with E-state index < -0.39 is 0 Å². The molecule has 0 bridgehead atoms. The van der Waals surface area contributed by atoms with Gasteiger partial charge in [0.15, 0.2) is 6.29 Å². The Kier molecular flexibility index (Phi) is 1.85. The number of fused-ring (bicyclic) bond motifs is 1. The van der Waals surface area contributed by atoms with Crippen LogP contribution in [0.1, 0.15) is 16.1 Å². The number of hydrogen-bond donors (Lipinski definition) is 1. The molecule has 0 aromatic carbocycles. The van der Waals surface area contributed by atoms with Gasteiger partial charge < -0.3 is 5.73 Å². The van der Waals surface area contributed by atoms with Crippen LogP contribution >= 0.6 is 0 Å². The monoisotopic (exact) mass is 206 g/mol. The van der Waals surface area contributed by atoms with Crippen molar-refractivity contribution in [3.63, 3.8) is 0 Å². The molecule has 0 aliphatic carbocycles. The second-order valence-corrected chi connectivity index (χ2v) is 3.32. The van der Waals surface area contributed by atoms with E-state index in [0.29, 0.717) is 23.6 Å². The van der Waals surface area contributed by atoms with Gasteiger partial charge in [-0.05, 0) is 6.92 Å². The number of hydrogen-bond acceptors (Lipinski definition) is 4. The number of aromatic nitrogens is 3. The number of carbonyl (C=O) groups excluding carboxylic acids is 1. The number of rotatable bonds is 1. The first-order valence-electron chi connectivity index (χ1n) is 4.35. The summed E-state index contributed by atoms with van der Waals surface area (Å²) in [5, 5.41) is 0. The summed E-state index contributed by atoms with van der Waals surface area (Å²) >= 11 is 0. The summed E-state index contributed by atoms with van der Waals surface area (Å²) in [7, 11) is 1.71. The molecule has 2 aromatic rings. The molecule has 0 atom stereocenters. The Bertz CT molecular complexity index is 609. The maximum atomic E-state index is 11.8. The number of aryl methyl sites for hydroxylation is 2. The first-order valence-corrected chi connectivity index (χ1v) is 4.35. The molecule has 0 unspecified atom stereocenters. The summed E-state index contributed by atoms with van der Waals surface area (Å²) in [4.78, 5) is 26.6. The molecule has 2 rings (SSSR count). The Morgan fingerprint density at radius 3 is 2.80 bits per heavy atom. The van der Waals surface area contributed by atoms with Crippen LogP contribution in [-0.4, -0.2) is 20.2 Å². The lowest BCUT2D eigenvalue weighted by molar-refractivity contribution is 0.112. The molecule has 0 saturated carbocycles. The average Bonchev–Trinajstić information content (AvgIpc) is 2.46. The Labute approximate surface area is 85.0 Å². The Hall–Kier alpha value is -2.11. The van der Waals surface area contributed by atoms with Crippen molar-refractivity contribution in [3.8, 4) is 0 Å². The van der Waals surface area contributed by atoms with Crippen LogP contribution in [0, 0.1) is 6.92 Å². The zero-order valence-corrected chi connectivity index (χ0v) is 8.39. The summed E-state index contributed by atoms with van der Waals surface area (Å²) in [6.45, 7) is 1.62. The summed E-state index contributed by atoms with van der Waals surface area (Å²) in [6.07, 6.45) is 1.97. The van der Waals surface area contributed by atoms with Gasteiger partial charge in [-0.3, -0.25) is 14.2 Å². The van der Waals surface area contributed by atoms with Crippen molar-refractivity contribution in [2.45, 2.75) is 6.92 Å². The third-order valence-electron chi connectivity index (χ3n) is 2.39. The second-order valence-electron chi connectivity index (χ2n) is 3.32. The molecule has 0 aliphatic heterocycles. The molecular formula is C9H10N4O2. The van der Waals surface area contributed by atoms with E-state index in [4.69, 9.17) is 5.73 Å². The van der Waals surface area contributed by atoms with E-state index in [1.54, 1.807) is 18.5 Å². The van der Waals surface area contributed by atoms with Gasteiger partial charge in [-0.2, -0.15) is 0 Å². The molecule has 2 aromatic heterocycles. The molecule has 78 valence electrons. The molecule has 0 spiro atoms. The molecule has 6 nitrogen and oxygen atoms in total. The third kappa shape index (κ3) is 1.14. The van der Waals surface area contributed by atoms with Crippen molar-refractivity contribution in [2.24, 2.45) is 7.05 Å². The highest BCUT2D eigenvalue weighted by atomic mass is 16.1. The SMILES string of the molecule is Cc1nc2n(C)c(N)cn2c(=O)c1C=O. The van der Waals surface area contributed by atoms with Gasteiger partial charge in [0, 0.05) is 7.05 Å². The van der Waals surface area contributed by atoms with Crippen LogP contribution in [0.5, 0.6) is 0 Å². The average molecular weight is 206 g/mol. The molecular weight excluding hydrogens is 196 g/mol. The van der Waals surface area contributed by atoms with E-state index in [0.717, 1.165) is 0 Å². The highest BCUT2D eigenvalue weighted by Gasteiger charge is 2.12. The van der Waals surface area contributed by atoms with E-state index in [-0.39, 0.29) is 11.1 Å². The first-order chi connectivity index (χ1) is 7.06. The van der Waals surface area contributed by atoms with E-state index in [1.165, 1.54) is 10.6 Å². The molecule has 2 heterocycles. The van der Waals surface area contributed by atoms with Crippen molar-refractivity contribution in [2.75, 3.05) is 5.73 Å². The number of anilines is 1. The third-order valence-corrected chi connectivity index (χ3v) is 2.39. The standard InChI is InChI=1S/C9H10N4O2/c1-5-6(4-14)8(15)13-3-7(10)12(2)9(13)11-5/h3-4H,10H2,1-2H3. The summed E-state index contributed by atoms with van der Waals surface area (Å²) in [6, 6.07) is 0. The Morgan fingerprint density at radius 1 is 1.53 bits per heavy atom. The van der Waals surface area contributed by atoms with Crippen molar-refractivity contribution in [3.05, 3.63) is 27.8 Å². The lowest BCUT2D eigenvalue weighted by atomic mass is 10.3. The van der Waals surface area contributed by atoms with Crippen LogP contribution < -0.4 is 11.3 Å². The van der Waals surface area contributed by atoms with Crippen LogP contribution in [0.2, 0.25) is 0 Å². The fourth-order valence-electron chi connectivity index (χ4n) is 1.46. The van der Waals surface area contributed by atoms with Gasteiger partial charge in [0.25, 0.3) is 5.56 Å². The number of carbonyl (C=O) groups is 1. The molecule has 0 amide bonds. The van der Waals surface area contributed by atoms with Crippen molar-refractivity contribution in [1.82, 2.24) is 14.0 Å². The lowest BCUT2D eigenvalue weighted by Gasteiger charge is -2.00. The first kappa shape index (κ1) is 9.45.